The van der Waals surface area contributed by atoms with Crippen LogP contribution in [0.15, 0.2) is 15.2 Å². The van der Waals surface area contributed by atoms with Gasteiger partial charge in [-0.15, -0.1) is 0 Å². The summed E-state index contributed by atoms with van der Waals surface area (Å²) in [6.07, 6.45) is 0.345. The molecule has 12 heavy (non-hydrogen) atoms. The van der Waals surface area contributed by atoms with Crippen molar-refractivity contribution in [3.8, 4) is 0 Å². The molecule has 0 aliphatic heterocycles. The number of thiophene rings is 1. The van der Waals surface area contributed by atoms with E-state index < -0.39 is 0 Å². The highest BCUT2D eigenvalue weighted by Crippen LogP contribution is 2.21. The van der Waals surface area contributed by atoms with Gasteiger partial charge in [-0.1, -0.05) is 0 Å². The molecule has 5 heteroatoms. The minimum Gasteiger partial charge on any atom is -0.277 e. The predicted molar refractivity (Wildman–Crippen MR) is 50.9 cm³/mol. The summed E-state index contributed by atoms with van der Waals surface area (Å²) in [5.74, 6) is -0.142. The van der Waals surface area contributed by atoms with Gasteiger partial charge in [-0.3, -0.25) is 9.63 Å². The van der Waals surface area contributed by atoms with Crippen LogP contribution in [0.25, 0.3) is 0 Å². The van der Waals surface area contributed by atoms with Crippen molar-refractivity contribution in [2.45, 2.75) is 6.42 Å². The van der Waals surface area contributed by atoms with Crippen molar-refractivity contribution in [3.05, 3.63) is 20.8 Å². The van der Waals surface area contributed by atoms with Gasteiger partial charge in [-0.05, 0) is 26.9 Å². The number of amides is 1. The molecule has 0 fully saturated rings. The van der Waals surface area contributed by atoms with E-state index in [1.165, 1.54) is 7.11 Å². The molecule has 1 amide bonds. The maximum Gasteiger partial charge on any atom is 0.248 e. The van der Waals surface area contributed by atoms with Gasteiger partial charge in [-0.2, -0.15) is 11.3 Å². The number of hydrogen-bond donors (Lipinski definition) is 1. The zero-order valence-corrected chi connectivity index (χ0v) is 8.87. The molecule has 66 valence electrons. The Labute approximate surface area is 82.8 Å². The Hall–Kier alpha value is -0.390. The molecular weight excluding hydrogens is 242 g/mol. The summed E-state index contributed by atoms with van der Waals surface area (Å²) < 4.78 is 0.971. The zero-order valence-electron chi connectivity index (χ0n) is 6.46. The van der Waals surface area contributed by atoms with Crippen molar-refractivity contribution in [1.82, 2.24) is 5.48 Å². The van der Waals surface area contributed by atoms with E-state index in [1.807, 2.05) is 10.8 Å². The van der Waals surface area contributed by atoms with Crippen molar-refractivity contribution in [1.29, 1.82) is 0 Å². The minimum absolute atomic E-state index is 0.142. The van der Waals surface area contributed by atoms with Gasteiger partial charge in [0.1, 0.15) is 0 Å². The summed E-state index contributed by atoms with van der Waals surface area (Å²) in [4.78, 5) is 15.5. The number of halogens is 1. The smallest absolute Gasteiger partial charge is 0.248 e. The Kier molecular flexibility index (Phi) is 3.71. The Morgan fingerprint density at radius 1 is 1.75 bits per heavy atom. The largest absolute Gasteiger partial charge is 0.277 e. The monoisotopic (exact) mass is 249 g/mol. The average molecular weight is 250 g/mol. The number of carbonyl (C=O) groups is 1. The second-order valence-corrected chi connectivity index (χ2v) is 3.75. The molecule has 0 bridgehead atoms. The van der Waals surface area contributed by atoms with Crippen LogP contribution in [0, 0.1) is 0 Å². The third-order valence-electron chi connectivity index (χ3n) is 1.26. The summed E-state index contributed by atoms with van der Waals surface area (Å²) in [5.41, 5.74) is 3.24. The van der Waals surface area contributed by atoms with Crippen LogP contribution < -0.4 is 5.48 Å². The van der Waals surface area contributed by atoms with Crippen LogP contribution >= 0.6 is 27.3 Å². The SMILES string of the molecule is CONC(=O)Cc1cscc1Br. The van der Waals surface area contributed by atoms with Gasteiger partial charge in [0.15, 0.2) is 0 Å². The van der Waals surface area contributed by atoms with E-state index in [0.717, 1.165) is 10.0 Å². The average Bonchev–Trinajstić information content (AvgIpc) is 2.37. The predicted octanol–water partition coefficient (Wildman–Crippen LogP) is 1.73. The fourth-order valence-corrected chi connectivity index (χ4v) is 2.20. The van der Waals surface area contributed by atoms with Crippen molar-refractivity contribution >= 4 is 33.2 Å². The molecule has 1 aromatic heterocycles. The van der Waals surface area contributed by atoms with Crippen LogP contribution in [0.5, 0.6) is 0 Å². The highest BCUT2D eigenvalue weighted by Gasteiger charge is 2.06. The quantitative estimate of drug-likeness (QED) is 0.829. The van der Waals surface area contributed by atoms with Crippen LogP contribution in [-0.2, 0) is 16.1 Å². The van der Waals surface area contributed by atoms with Crippen LogP contribution in [0.4, 0.5) is 0 Å². The van der Waals surface area contributed by atoms with Crippen molar-refractivity contribution in [3.63, 3.8) is 0 Å². The van der Waals surface area contributed by atoms with Crippen molar-refractivity contribution in [2.75, 3.05) is 7.11 Å². The van der Waals surface area contributed by atoms with Gasteiger partial charge in [0.05, 0.1) is 13.5 Å². The summed E-state index contributed by atoms with van der Waals surface area (Å²) in [5, 5.41) is 3.87. The first-order valence-electron chi connectivity index (χ1n) is 3.26. The third kappa shape index (κ3) is 2.58. The topological polar surface area (TPSA) is 38.3 Å². The van der Waals surface area contributed by atoms with Gasteiger partial charge in [-0.25, -0.2) is 5.48 Å². The lowest BCUT2D eigenvalue weighted by molar-refractivity contribution is -0.130. The van der Waals surface area contributed by atoms with E-state index in [-0.39, 0.29) is 5.91 Å². The molecule has 1 heterocycles. The fraction of sp³-hybridized carbons (Fsp3) is 0.286. The molecule has 0 unspecified atom stereocenters. The second kappa shape index (κ2) is 4.59. The molecule has 0 saturated heterocycles. The molecule has 1 aromatic rings. The molecular formula is C7H8BrNO2S. The lowest BCUT2D eigenvalue weighted by Crippen LogP contribution is -2.23. The fourth-order valence-electron chi connectivity index (χ4n) is 0.757. The summed E-state index contributed by atoms with van der Waals surface area (Å²) in [6.45, 7) is 0. The van der Waals surface area contributed by atoms with Crippen LogP contribution in [0.3, 0.4) is 0 Å². The Morgan fingerprint density at radius 3 is 3.00 bits per heavy atom. The summed E-state index contributed by atoms with van der Waals surface area (Å²) >= 11 is 4.89. The molecule has 0 spiro atoms. The van der Waals surface area contributed by atoms with E-state index in [0.29, 0.717) is 6.42 Å². The van der Waals surface area contributed by atoms with E-state index in [1.54, 1.807) is 11.3 Å². The van der Waals surface area contributed by atoms with Gasteiger partial charge < -0.3 is 0 Å². The van der Waals surface area contributed by atoms with Gasteiger partial charge >= 0.3 is 0 Å². The number of hydrogen-bond acceptors (Lipinski definition) is 3. The molecule has 3 nitrogen and oxygen atoms in total. The summed E-state index contributed by atoms with van der Waals surface area (Å²) in [7, 11) is 1.42. The lowest BCUT2D eigenvalue weighted by atomic mass is 10.2. The Morgan fingerprint density at radius 2 is 2.50 bits per heavy atom. The van der Waals surface area contributed by atoms with Gasteiger partial charge in [0, 0.05) is 9.85 Å². The maximum atomic E-state index is 11.0. The number of nitrogens with one attached hydrogen (secondary N) is 1. The number of carbonyl (C=O) groups excluding carboxylic acids is 1. The third-order valence-corrected chi connectivity index (χ3v) is 3.09. The second-order valence-electron chi connectivity index (χ2n) is 2.15. The number of rotatable bonds is 3. The molecule has 0 radical (unpaired) electrons. The minimum atomic E-state index is -0.142. The van der Waals surface area contributed by atoms with E-state index >= 15 is 0 Å². The molecule has 0 aromatic carbocycles. The molecule has 0 aliphatic rings. The first-order chi connectivity index (χ1) is 5.74. The summed E-state index contributed by atoms with van der Waals surface area (Å²) in [6, 6.07) is 0. The maximum absolute atomic E-state index is 11.0. The molecule has 0 atom stereocenters. The first-order valence-corrected chi connectivity index (χ1v) is 5.00. The normalized spacial score (nSPS) is 9.83. The van der Waals surface area contributed by atoms with Crippen LogP contribution in [-0.4, -0.2) is 13.0 Å². The van der Waals surface area contributed by atoms with Crippen molar-refractivity contribution in [2.24, 2.45) is 0 Å². The number of hydroxylamine groups is 1. The lowest BCUT2D eigenvalue weighted by Gasteiger charge is -1.99. The van der Waals surface area contributed by atoms with E-state index in [9.17, 15) is 4.79 Å². The molecule has 0 aliphatic carbocycles. The Balaban J connectivity index is 2.52. The van der Waals surface area contributed by atoms with E-state index in [4.69, 9.17) is 0 Å². The highest BCUT2D eigenvalue weighted by atomic mass is 79.9. The highest BCUT2D eigenvalue weighted by molar-refractivity contribution is 9.10. The van der Waals surface area contributed by atoms with Gasteiger partial charge in [0.25, 0.3) is 0 Å². The van der Waals surface area contributed by atoms with E-state index in [2.05, 4.69) is 26.2 Å². The van der Waals surface area contributed by atoms with Crippen molar-refractivity contribution < 1.29 is 9.63 Å². The van der Waals surface area contributed by atoms with Crippen LogP contribution in [0.1, 0.15) is 5.56 Å². The van der Waals surface area contributed by atoms with Crippen LogP contribution in [0.2, 0.25) is 0 Å². The first kappa shape index (κ1) is 9.70. The Bertz CT molecular complexity index is 274. The standard InChI is InChI=1S/C7H8BrNO2S/c1-11-9-7(10)2-5-3-12-4-6(5)8/h3-4H,2H2,1H3,(H,9,10). The molecule has 0 saturated carbocycles. The zero-order chi connectivity index (χ0) is 8.97. The molecule has 1 N–H and O–H groups in total. The molecule has 1 rings (SSSR count). The van der Waals surface area contributed by atoms with Gasteiger partial charge in [0.2, 0.25) is 5.91 Å².